The van der Waals surface area contributed by atoms with Gasteiger partial charge in [0, 0.05) is 11.8 Å². The van der Waals surface area contributed by atoms with Crippen molar-refractivity contribution >= 4 is 23.4 Å². The molecule has 0 spiro atoms. The van der Waals surface area contributed by atoms with Gasteiger partial charge in [-0.05, 0) is 55.2 Å². The molecule has 0 saturated carbocycles. The van der Waals surface area contributed by atoms with Gasteiger partial charge in [-0.1, -0.05) is 55.4 Å². The van der Waals surface area contributed by atoms with Crippen LogP contribution in [0.2, 0.25) is 0 Å². The van der Waals surface area contributed by atoms with Crippen molar-refractivity contribution in [3.05, 3.63) is 81.6 Å². The van der Waals surface area contributed by atoms with Crippen molar-refractivity contribution in [1.82, 2.24) is 9.78 Å². The van der Waals surface area contributed by atoms with E-state index in [4.69, 9.17) is 0 Å². The fourth-order valence-electron chi connectivity index (χ4n) is 2.94. The molecule has 0 fully saturated rings. The second kappa shape index (κ2) is 9.09. The highest BCUT2D eigenvalue weighted by Crippen LogP contribution is 2.19. The molecule has 0 aliphatic rings. The fraction of sp³-hybridized carbons (Fsp3) is 0.261. The van der Waals surface area contributed by atoms with E-state index in [-0.39, 0.29) is 17.2 Å². The molecule has 150 valence electrons. The van der Waals surface area contributed by atoms with E-state index in [1.807, 2.05) is 56.3 Å². The van der Waals surface area contributed by atoms with E-state index in [2.05, 4.69) is 24.3 Å². The quantitative estimate of drug-likeness (QED) is 0.602. The molecule has 1 amide bonds. The van der Waals surface area contributed by atoms with Gasteiger partial charge in [0.05, 0.1) is 11.4 Å². The number of nitrogens with one attached hydrogen (secondary N) is 1. The Bertz CT molecular complexity index is 1070. The number of hydrogen-bond donors (Lipinski definition) is 1. The average molecular weight is 408 g/mol. The first-order chi connectivity index (χ1) is 13.8. The minimum absolute atomic E-state index is 0.109. The molecule has 0 aliphatic heterocycles. The summed E-state index contributed by atoms with van der Waals surface area (Å²) in [5.41, 5.74) is 4.70. The maximum atomic E-state index is 12.3. The second-order valence-electron chi connectivity index (χ2n) is 7.32. The first kappa shape index (κ1) is 20.9. The third-order valence-corrected chi connectivity index (χ3v) is 5.51. The van der Waals surface area contributed by atoms with Crippen LogP contribution in [0.1, 0.15) is 36.5 Å². The first-order valence-corrected chi connectivity index (χ1v) is 10.5. The zero-order valence-electron chi connectivity index (χ0n) is 17.1. The maximum absolute atomic E-state index is 12.3. The predicted octanol–water partition coefficient (Wildman–Crippen LogP) is 4.70. The number of thioether (sulfide) groups is 1. The molecular weight excluding hydrogens is 382 g/mol. The molecule has 1 heterocycles. The number of carbonyl (C=O) groups is 1. The highest BCUT2D eigenvalue weighted by Gasteiger charge is 2.09. The number of rotatable bonds is 6. The Morgan fingerprint density at radius 3 is 2.45 bits per heavy atom. The van der Waals surface area contributed by atoms with Crippen LogP contribution in [0.15, 0.2) is 64.4 Å². The van der Waals surface area contributed by atoms with Gasteiger partial charge >= 0.3 is 0 Å². The number of benzene rings is 2. The summed E-state index contributed by atoms with van der Waals surface area (Å²) in [7, 11) is 0. The van der Waals surface area contributed by atoms with Gasteiger partial charge in [0.15, 0.2) is 0 Å². The number of amides is 1. The largest absolute Gasteiger partial charge is 0.325 e. The summed E-state index contributed by atoms with van der Waals surface area (Å²) >= 11 is 1.30. The predicted molar refractivity (Wildman–Crippen MR) is 119 cm³/mol. The highest BCUT2D eigenvalue weighted by molar-refractivity contribution is 7.99. The Labute approximate surface area is 175 Å². The summed E-state index contributed by atoms with van der Waals surface area (Å²) in [5, 5.41) is 7.96. The molecule has 5 nitrogen and oxygen atoms in total. The average Bonchev–Trinajstić information content (AvgIpc) is 2.69. The van der Waals surface area contributed by atoms with Crippen molar-refractivity contribution < 1.29 is 4.79 Å². The summed E-state index contributed by atoms with van der Waals surface area (Å²) in [6.45, 7) is 8.24. The van der Waals surface area contributed by atoms with E-state index in [0.29, 0.717) is 16.6 Å². The van der Waals surface area contributed by atoms with Crippen molar-refractivity contribution in [2.45, 2.75) is 38.6 Å². The van der Waals surface area contributed by atoms with Crippen molar-refractivity contribution in [2.24, 2.45) is 0 Å². The van der Waals surface area contributed by atoms with E-state index in [1.54, 1.807) is 6.07 Å². The van der Waals surface area contributed by atoms with Crippen LogP contribution in [-0.4, -0.2) is 21.4 Å². The van der Waals surface area contributed by atoms with Gasteiger partial charge in [-0.2, -0.15) is 9.78 Å². The zero-order valence-corrected chi connectivity index (χ0v) is 17.9. The van der Waals surface area contributed by atoms with Gasteiger partial charge in [0.2, 0.25) is 5.91 Å². The number of anilines is 1. The van der Waals surface area contributed by atoms with Crippen LogP contribution in [0.25, 0.3) is 5.69 Å². The van der Waals surface area contributed by atoms with Crippen LogP contribution < -0.4 is 10.9 Å². The molecule has 6 heteroatoms. The molecule has 2 aromatic carbocycles. The van der Waals surface area contributed by atoms with Crippen LogP contribution in [0.3, 0.4) is 0 Å². The number of nitrogens with zero attached hydrogens (tertiary/aromatic N) is 2. The lowest BCUT2D eigenvalue weighted by Crippen LogP contribution is -2.21. The van der Waals surface area contributed by atoms with Crippen LogP contribution >= 0.6 is 11.8 Å². The van der Waals surface area contributed by atoms with Gasteiger partial charge in [-0.3, -0.25) is 9.59 Å². The monoisotopic (exact) mass is 407 g/mol. The van der Waals surface area contributed by atoms with Crippen LogP contribution in [0.4, 0.5) is 5.69 Å². The number of carbonyl (C=O) groups excluding carboxylic acids is 1. The Balaban J connectivity index is 1.69. The minimum Gasteiger partial charge on any atom is -0.325 e. The van der Waals surface area contributed by atoms with Gasteiger partial charge in [-0.25, -0.2) is 0 Å². The standard InChI is InChI=1S/C23H25N3O2S/c1-15(2)18-6-8-19(9-7-18)26-23(28)12-11-22(25-26)29-14-21(27)24-20-10-5-16(3)13-17(20)4/h5-13,15H,14H2,1-4H3,(H,24,27). The van der Waals surface area contributed by atoms with Crippen molar-refractivity contribution in [3.8, 4) is 5.69 Å². The molecule has 1 aromatic heterocycles. The van der Waals surface area contributed by atoms with Crippen molar-refractivity contribution in [1.29, 1.82) is 0 Å². The van der Waals surface area contributed by atoms with Crippen LogP contribution in [0.5, 0.6) is 0 Å². The van der Waals surface area contributed by atoms with E-state index in [0.717, 1.165) is 16.8 Å². The third kappa shape index (κ3) is 5.35. The Hall–Kier alpha value is -2.86. The molecular formula is C23H25N3O2S. The lowest BCUT2D eigenvalue weighted by atomic mass is 10.0. The number of aromatic nitrogens is 2. The molecule has 0 saturated heterocycles. The summed E-state index contributed by atoms with van der Waals surface area (Å²) in [4.78, 5) is 24.6. The van der Waals surface area contributed by atoms with Crippen LogP contribution in [0, 0.1) is 13.8 Å². The first-order valence-electron chi connectivity index (χ1n) is 9.54. The molecule has 0 unspecified atom stereocenters. The molecule has 0 bridgehead atoms. The highest BCUT2D eigenvalue weighted by atomic mass is 32.2. The summed E-state index contributed by atoms with van der Waals surface area (Å²) in [6, 6.07) is 16.8. The fourth-order valence-corrected chi connectivity index (χ4v) is 3.59. The number of hydrogen-bond acceptors (Lipinski definition) is 4. The molecule has 0 radical (unpaired) electrons. The SMILES string of the molecule is Cc1ccc(NC(=O)CSc2ccc(=O)n(-c3ccc(C(C)C)cc3)n2)c(C)c1. The molecule has 3 rings (SSSR count). The topological polar surface area (TPSA) is 64.0 Å². The normalized spacial score (nSPS) is 10.9. The van der Waals surface area contributed by atoms with E-state index < -0.39 is 0 Å². The second-order valence-corrected chi connectivity index (χ2v) is 8.32. The smallest absolute Gasteiger partial charge is 0.271 e. The van der Waals surface area contributed by atoms with Gasteiger partial charge in [-0.15, -0.1) is 0 Å². The van der Waals surface area contributed by atoms with E-state index in [1.165, 1.54) is 28.1 Å². The molecule has 0 atom stereocenters. The summed E-state index contributed by atoms with van der Waals surface area (Å²) in [5.74, 6) is 0.527. The lowest BCUT2D eigenvalue weighted by Gasteiger charge is -2.10. The zero-order chi connectivity index (χ0) is 21.0. The summed E-state index contributed by atoms with van der Waals surface area (Å²) < 4.78 is 1.37. The molecule has 3 aromatic rings. The molecule has 0 aliphatic carbocycles. The van der Waals surface area contributed by atoms with E-state index in [9.17, 15) is 9.59 Å². The van der Waals surface area contributed by atoms with Gasteiger partial charge in [0.25, 0.3) is 5.56 Å². The Morgan fingerprint density at radius 1 is 1.07 bits per heavy atom. The Morgan fingerprint density at radius 2 is 1.79 bits per heavy atom. The maximum Gasteiger partial charge on any atom is 0.271 e. The van der Waals surface area contributed by atoms with E-state index >= 15 is 0 Å². The molecule has 29 heavy (non-hydrogen) atoms. The Kier molecular flexibility index (Phi) is 6.54. The van der Waals surface area contributed by atoms with Gasteiger partial charge < -0.3 is 5.32 Å². The lowest BCUT2D eigenvalue weighted by molar-refractivity contribution is -0.113. The van der Waals surface area contributed by atoms with Gasteiger partial charge in [0.1, 0.15) is 5.03 Å². The van der Waals surface area contributed by atoms with Crippen LogP contribution in [-0.2, 0) is 4.79 Å². The minimum atomic E-state index is -0.202. The molecule has 1 N–H and O–H groups in total. The van der Waals surface area contributed by atoms with Crippen molar-refractivity contribution in [3.63, 3.8) is 0 Å². The summed E-state index contributed by atoms with van der Waals surface area (Å²) in [6.07, 6.45) is 0. The van der Waals surface area contributed by atoms with Crippen molar-refractivity contribution in [2.75, 3.05) is 11.1 Å². The number of aryl methyl sites for hydroxylation is 2. The third-order valence-electron chi connectivity index (χ3n) is 4.59.